The van der Waals surface area contributed by atoms with Crippen molar-refractivity contribution in [2.45, 2.75) is 25.8 Å². The Morgan fingerprint density at radius 3 is 2.92 bits per heavy atom. The Bertz CT molecular complexity index is 229. The molecule has 1 fully saturated rings. The maximum atomic E-state index is 5.30. The van der Waals surface area contributed by atoms with E-state index in [-0.39, 0.29) is 0 Å². The van der Waals surface area contributed by atoms with E-state index in [4.69, 9.17) is 4.74 Å². The van der Waals surface area contributed by atoms with E-state index in [0.29, 0.717) is 0 Å². The van der Waals surface area contributed by atoms with Crippen molar-refractivity contribution >= 4 is 0 Å². The van der Waals surface area contributed by atoms with Crippen molar-refractivity contribution in [1.29, 1.82) is 0 Å². The Morgan fingerprint density at radius 2 is 2.23 bits per heavy atom. The third-order valence-corrected chi connectivity index (χ3v) is 2.57. The van der Waals surface area contributed by atoms with E-state index in [9.17, 15) is 0 Å². The molecule has 2 rings (SSSR count). The summed E-state index contributed by atoms with van der Waals surface area (Å²) in [4.78, 5) is 3.91. The summed E-state index contributed by atoms with van der Waals surface area (Å²) in [5.41, 5.74) is 0. The summed E-state index contributed by atoms with van der Waals surface area (Å²) in [6.07, 6.45) is 6.97. The van der Waals surface area contributed by atoms with Crippen LogP contribution in [-0.4, -0.2) is 28.0 Å². The maximum Gasteiger partial charge on any atom is 0.137 e. The van der Waals surface area contributed by atoms with Gasteiger partial charge in [0.2, 0.25) is 0 Å². The van der Waals surface area contributed by atoms with Gasteiger partial charge >= 0.3 is 0 Å². The van der Waals surface area contributed by atoms with Crippen LogP contribution in [0.3, 0.4) is 0 Å². The predicted octanol–water partition coefficient (Wildman–Crippen LogP) is 1.09. The highest BCUT2D eigenvalue weighted by molar-refractivity contribution is 4.64. The molecule has 1 aliphatic rings. The lowest BCUT2D eigenvalue weighted by Gasteiger charge is -2.21. The van der Waals surface area contributed by atoms with Gasteiger partial charge in [0.15, 0.2) is 0 Å². The summed E-state index contributed by atoms with van der Waals surface area (Å²) < 4.78 is 7.20. The van der Waals surface area contributed by atoms with Crippen molar-refractivity contribution in [3.63, 3.8) is 0 Å². The molecule has 4 nitrogen and oxygen atoms in total. The molecule has 4 heteroatoms. The van der Waals surface area contributed by atoms with Crippen LogP contribution >= 0.6 is 0 Å². The average molecular weight is 181 g/mol. The molecule has 0 N–H and O–H groups in total. The van der Waals surface area contributed by atoms with Crippen molar-refractivity contribution < 1.29 is 4.74 Å². The monoisotopic (exact) mass is 181 g/mol. The molecule has 72 valence electrons. The molecular weight excluding hydrogens is 166 g/mol. The standard InChI is InChI=1S/C9H15N3O/c1(4-12-8-10-7-11-12)9-2-5-13-6-3-9/h7-9H,1-6H2. The normalized spacial score (nSPS) is 19.1. The van der Waals surface area contributed by atoms with Crippen LogP contribution in [0.1, 0.15) is 19.3 Å². The second kappa shape index (κ2) is 4.37. The van der Waals surface area contributed by atoms with Gasteiger partial charge < -0.3 is 4.74 Å². The van der Waals surface area contributed by atoms with Gasteiger partial charge in [-0.2, -0.15) is 5.10 Å². The second-order valence-corrected chi connectivity index (χ2v) is 3.50. The van der Waals surface area contributed by atoms with Gasteiger partial charge in [0.05, 0.1) is 0 Å². The molecule has 0 saturated carbocycles. The van der Waals surface area contributed by atoms with E-state index in [1.807, 2.05) is 4.68 Å². The summed E-state index contributed by atoms with van der Waals surface area (Å²) >= 11 is 0. The predicted molar refractivity (Wildman–Crippen MR) is 48.2 cm³/mol. The molecule has 1 saturated heterocycles. The molecule has 0 bridgehead atoms. The summed E-state index contributed by atoms with van der Waals surface area (Å²) in [6.45, 7) is 2.86. The highest BCUT2D eigenvalue weighted by atomic mass is 16.5. The number of ether oxygens (including phenoxy) is 1. The van der Waals surface area contributed by atoms with Crippen LogP contribution in [0.5, 0.6) is 0 Å². The number of nitrogens with zero attached hydrogens (tertiary/aromatic N) is 3. The highest BCUT2D eigenvalue weighted by Crippen LogP contribution is 2.18. The zero-order chi connectivity index (χ0) is 8.93. The van der Waals surface area contributed by atoms with E-state index in [2.05, 4.69) is 10.1 Å². The van der Waals surface area contributed by atoms with Gasteiger partial charge in [0.1, 0.15) is 12.7 Å². The van der Waals surface area contributed by atoms with Crippen LogP contribution < -0.4 is 0 Å². The number of aryl methyl sites for hydroxylation is 1. The highest BCUT2D eigenvalue weighted by Gasteiger charge is 2.13. The Hall–Kier alpha value is -0.900. The Labute approximate surface area is 77.9 Å². The zero-order valence-corrected chi connectivity index (χ0v) is 7.72. The first-order valence-electron chi connectivity index (χ1n) is 4.85. The molecular formula is C9H15N3O. The number of hydrogen-bond acceptors (Lipinski definition) is 3. The molecule has 1 aromatic rings. The van der Waals surface area contributed by atoms with Crippen LogP contribution in [0.25, 0.3) is 0 Å². The van der Waals surface area contributed by atoms with Gasteiger partial charge in [-0.05, 0) is 25.2 Å². The minimum atomic E-state index is 0.818. The Kier molecular flexibility index (Phi) is 2.92. The third kappa shape index (κ3) is 2.52. The molecule has 0 unspecified atom stereocenters. The van der Waals surface area contributed by atoms with Gasteiger partial charge in [0, 0.05) is 19.8 Å². The van der Waals surface area contributed by atoms with Crippen LogP contribution in [-0.2, 0) is 11.3 Å². The minimum absolute atomic E-state index is 0.818. The number of aromatic nitrogens is 3. The Balaban J connectivity index is 1.72. The minimum Gasteiger partial charge on any atom is -0.381 e. The fourth-order valence-corrected chi connectivity index (χ4v) is 1.70. The molecule has 0 amide bonds. The van der Waals surface area contributed by atoms with Crippen molar-refractivity contribution in [3.8, 4) is 0 Å². The summed E-state index contributed by atoms with van der Waals surface area (Å²) in [5, 5.41) is 4.07. The summed E-state index contributed by atoms with van der Waals surface area (Å²) in [6, 6.07) is 0. The lowest BCUT2D eigenvalue weighted by Crippen LogP contribution is -2.17. The maximum absolute atomic E-state index is 5.30. The topological polar surface area (TPSA) is 39.9 Å². The fraction of sp³-hybridized carbons (Fsp3) is 0.778. The van der Waals surface area contributed by atoms with Crippen LogP contribution in [0.15, 0.2) is 12.7 Å². The first kappa shape index (κ1) is 8.69. The van der Waals surface area contributed by atoms with E-state index < -0.39 is 0 Å². The molecule has 13 heavy (non-hydrogen) atoms. The lowest BCUT2D eigenvalue weighted by molar-refractivity contribution is 0.0623. The summed E-state index contributed by atoms with van der Waals surface area (Å²) in [5.74, 6) is 0.818. The summed E-state index contributed by atoms with van der Waals surface area (Å²) in [7, 11) is 0. The molecule has 0 spiro atoms. The van der Waals surface area contributed by atoms with Crippen molar-refractivity contribution in [2.75, 3.05) is 13.2 Å². The van der Waals surface area contributed by atoms with Crippen LogP contribution in [0, 0.1) is 5.92 Å². The van der Waals surface area contributed by atoms with Crippen LogP contribution in [0.2, 0.25) is 0 Å². The molecule has 2 heterocycles. The SMILES string of the molecule is c1ncn(CCC2CCOCC2)n1. The molecule has 1 aliphatic heterocycles. The molecule has 0 atom stereocenters. The van der Waals surface area contributed by atoms with E-state index in [0.717, 1.165) is 25.7 Å². The fourth-order valence-electron chi connectivity index (χ4n) is 1.70. The van der Waals surface area contributed by atoms with Gasteiger partial charge in [-0.3, -0.25) is 4.68 Å². The van der Waals surface area contributed by atoms with Gasteiger partial charge in [-0.25, -0.2) is 4.98 Å². The van der Waals surface area contributed by atoms with E-state index >= 15 is 0 Å². The van der Waals surface area contributed by atoms with Gasteiger partial charge in [0.25, 0.3) is 0 Å². The van der Waals surface area contributed by atoms with E-state index in [1.165, 1.54) is 19.3 Å². The second-order valence-electron chi connectivity index (χ2n) is 3.50. The lowest BCUT2D eigenvalue weighted by atomic mass is 9.97. The average Bonchev–Trinajstić information content (AvgIpc) is 2.69. The van der Waals surface area contributed by atoms with Gasteiger partial charge in [-0.1, -0.05) is 0 Å². The number of hydrogen-bond donors (Lipinski definition) is 0. The Morgan fingerprint density at radius 1 is 1.38 bits per heavy atom. The van der Waals surface area contributed by atoms with E-state index in [1.54, 1.807) is 12.7 Å². The van der Waals surface area contributed by atoms with Gasteiger partial charge in [-0.15, -0.1) is 0 Å². The first-order valence-corrected chi connectivity index (χ1v) is 4.85. The molecule has 0 radical (unpaired) electrons. The molecule has 0 aliphatic carbocycles. The largest absolute Gasteiger partial charge is 0.381 e. The van der Waals surface area contributed by atoms with Crippen molar-refractivity contribution in [2.24, 2.45) is 5.92 Å². The quantitative estimate of drug-likeness (QED) is 0.701. The first-order chi connectivity index (χ1) is 6.45. The molecule has 0 aromatic carbocycles. The third-order valence-electron chi connectivity index (χ3n) is 2.57. The molecule has 1 aromatic heterocycles. The zero-order valence-electron chi connectivity index (χ0n) is 7.72. The van der Waals surface area contributed by atoms with Crippen molar-refractivity contribution in [1.82, 2.24) is 14.8 Å². The number of rotatable bonds is 3. The van der Waals surface area contributed by atoms with Crippen LogP contribution in [0.4, 0.5) is 0 Å². The van der Waals surface area contributed by atoms with Crippen molar-refractivity contribution in [3.05, 3.63) is 12.7 Å². The smallest absolute Gasteiger partial charge is 0.137 e.